The highest BCUT2D eigenvalue weighted by molar-refractivity contribution is 7.92. The van der Waals surface area contributed by atoms with E-state index >= 15 is 0 Å². The Morgan fingerprint density at radius 3 is 1.82 bits per heavy atom. The molecule has 0 bridgehead atoms. The minimum Gasteiger partial charge on any atom is -0.243 e. The lowest BCUT2D eigenvalue weighted by atomic mass is 10.3. The second-order valence-electron chi connectivity index (χ2n) is 2.26. The maximum Gasteiger partial charge on any atom is 0.378 e. The van der Waals surface area contributed by atoms with Gasteiger partial charge >= 0.3 is 5.25 Å². The maximum atomic E-state index is 12.2. The molecule has 1 heterocycles. The summed E-state index contributed by atoms with van der Waals surface area (Å²) < 4.78 is 69.0. The Kier molecular flexibility index (Phi) is 1.66. The Balaban J connectivity index is 3.12. The standard InChI is InChI=1S/C4H4F4O2S/c5-2-1-11(9,10)4(7,8)3(2)6/h2-3H,1H2. The summed E-state index contributed by atoms with van der Waals surface area (Å²) >= 11 is 0. The van der Waals surface area contributed by atoms with Crippen molar-refractivity contribution < 1.29 is 26.0 Å². The van der Waals surface area contributed by atoms with E-state index in [1.54, 1.807) is 0 Å². The summed E-state index contributed by atoms with van der Waals surface area (Å²) in [4.78, 5) is 0. The largest absolute Gasteiger partial charge is 0.378 e. The summed E-state index contributed by atoms with van der Waals surface area (Å²) in [6.45, 7) is 0. The van der Waals surface area contributed by atoms with Crippen LogP contribution in [0.15, 0.2) is 0 Å². The smallest absolute Gasteiger partial charge is 0.243 e. The van der Waals surface area contributed by atoms with E-state index in [1.165, 1.54) is 0 Å². The summed E-state index contributed by atoms with van der Waals surface area (Å²) in [7, 11) is -4.91. The molecule has 66 valence electrons. The zero-order valence-corrected chi connectivity index (χ0v) is 5.91. The van der Waals surface area contributed by atoms with Gasteiger partial charge in [0.1, 0.15) is 0 Å². The van der Waals surface area contributed by atoms with Crippen molar-refractivity contribution in [2.45, 2.75) is 17.6 Å². The van der Waals surface area contributed by atoms with Crippen LogP contribution in [0.2, 0.25) is 0 Å². The van der Waals surface area contributed by atoms with Gasteiger partial charge in [0.05, 0.1) is 5.75 Å². The zero-order chi connectivity index (χ0) is 8.86. The van der Waals surface area contributed by atoms with E-state index in [-0.39, 0.29) is 0 Å². The molecule has 2 atom stereocenters. The van der Waals surface area contributed by atoms with Crippen LogP contribution in [0.4, 0.5) is 17.6 Å². The number of sulfone groups is 1. The molecule has 1 saturated heterocycles. The molecule has 0 aliphatic carbocycles. The number of halogens is 4. The van der Waals surface area contributed by atoms with Crippen molar-refractivity contribution in [1.29, 1.82) is 0 Å². The van der Waals surface area contributed by atoms with Crippen LogP contribution in [-0.2, 0) is 9.84 Å². The number of rotatable bonds is 0. The van der Waals surface area contributed by atoms with E-state index in [4.69, 9.17) is 0 Å². The molecule has 1 rings (SSSR count). The second-order valence-corrected chi connectivity index (χ2v) is 4.37. The quantitative estimate of drug-likeness (QED) is 0.529. The predicted octanol–water partition coefficient (Wildman–Crippen LogP) is 0.684. The lowest BCUT2D eigenvalue weighted by Crippen LogP contribution is -2.33. The van der Waals surface area contributed by atoms with Gasteiger partial charge in [0.15, 0.2) is 6.17 Å². The van der Waals surface area contributed by atoms with E-state index in [0.29, 0.717) is 0 Å². The molecule has 0 radical (unpaired) electrons. The van der Waals surface area contributed by atoms with Crippen LogP contribution >= 0.6 is 0 Å². The van der Waals surface area contributed by atoms with Crippen LogP contribution < -0.4 is 0 Å². The third kappa shape index (κ3) is 1.02. The first-order chi connectivity index (χ1) is 4.79. The molecule has 0 aromatic heterocycles. The fraction of sp³-hybridized carbons (Fsp3) is 1.00. The van der Waals surface area contributed by atoms with Gasteiger partial charge in [-0.05, 0) is 0 Å². The lowest BCUT2D eigenvalue weighted by molar-refractivity contribution is -0.0118. The average molecular weight is 192 g/mol. The van der Waals surface area contributed by atoms with Gasteiger partial charge in [-0.3, -0.25) is 0 Å². The first-order valence-electron chi connectivity index (χ1n) is 2.67. The molecule has 2 unspecified atom stereocenters. The third-order valence-electron chi connectivity index (χ3n) is 1.43. The minimum atomic E-state index is -4.91. The highest BCUT2D eigenvalue weighted by Gasteiger charge is 2.63. The number of hydrogen-bond donors (Lipinski definition) is 0. The molecule has 2 nitrogen and oxygen atoms in total. The summed E-state index contributed by atoms with van der Waals surface area (Å²) in [5.41, 5.74) is 0. The summed E-state index contributed by atoms with van der Waals surface area (Å²) in [5.74, 6) is -1.43. The van der Waals surface area contributed by atoms with Gasteiger partial charge in [0.2, 0.25) is 16.0 Å². The normalized spacial score (nSPS) is 40.7. The molecule has 1 fully saturated rings. The highest BCUT2D eigenvalue weighted by Crippen LogP contribution is 2.39. The Morgan fingerprint density at radius 2 is 1.73 bits per heavy atom. The molecule has 7 heteroatoms. The molecule has 0 spiro atoms. The van der Waals surface area contributed by atoms with Crippen LogP contribution in [0.25, 0.3) is 0 Å². The second kappa shape index (κ2) is 2.09. The van der Waals surface area contributed by atoms with Crippen molar-refractivity contribution in [3.05, 3.63) is 0 Å². The van der Waals surface area contributed by atoms with Crippen LogP contribution in [0.1, 0.15) is 0 Å². The first kappa shape index (κ1) is 8.76. The molecule has 1 aliphatic rings. The molecular weight excluding hydrogens is 188 g/mol. The van der Waals surface area contributed by atoms with Crippen LogP contribution in [0.5, 0.6) is 0 Å². The summed E-state index contributed by atoms with van der Waals surface area (Å²) in [5, 5.41) is -4.55. The average Bonchev–Trinajstić information content (AvgIpc) is 1.93. The molecule has 11 heavy (non-hydrogen) atoms. The molecular formula is C4H4F4O2S. The predicted molar refractivity (Wildman–Crippen MR) is 28.5 cm³/mol. The molecule has 0 N–H and O–H groups in total. The van der Waals surface area contributed by atoms with Crippen molar-refractivity contribution in [3.63, 3.8) is 0 Å². The van der Waals surface area contributed by atoms with Gasteiger partial charge in [-0.25, -0.2) is 17.2 Å². The molecule has 0 aromatic carbocycles. The van der Waals surface area contributed by atoms with Crippen LogP contribution in [-0.4, -0.2) is 31.8 Å². The Morgan fingerprint density at radius 1 is 1.27 bits per heavy atom. The minimum absolute atomic E-state index is 1.43. The fourth-order valence-corrected chi connectivity index (χ4v) is 2.09. The Bertz CT molecular complexity index is 259. The van der Waals surface area contributed by atoms with Gasteiger partial charge in [-0.2, -0.15) is 8.78 Å². The Hall–Kier alpha value is -0.330. The van der Waals surface area contributed by atoms with Crippen molar-refractivity contribution in [1.82, 2.24) is 0 Å². The van der Waals surface area contributed by atoms with Crippen molar-refractivity contribution in [2.75, 3.05) is 5.75 Å². The van der Waals surface area contributed by atoms with Crippen molar-refractivity contribution >= 4 is 9.84 Å². The summed E-state index contributed by atoms with van der Waals surface area (Å²) in [6, 6.07) is 0. The lowest BCUT2D eigenvalue weighted by Gasteiger charge is -2.09. The Labute approximate surface area is 60.1 Å². The van der Waals surface area contributed by atoms with Gasteiger partial charge in [0, 0.05) is 0 Å². The van der Waals surface area contributed by atoms with Gasteiger partial charge in [-0.1, -0.05) is 0 Å². The van der Waals surface area contributed by atoms with E-state index < -0.39 is 33.2 Å². The van der Waals surface area contributed by atoms with E-state index in [0.717, 1.165) is 0 Å². The maximum absolute atomic E-state index is 12.2. The molecule has 0 saturated carbocycles. The topological polar surface area (TPSA) is 34.1 Å². The third-order valence-corrected chi connectivity index (χ3v) is 3.24. The van der Waals surface area contributed by atoms with Crippen LogP contribution in [0, 0.1) is 0 Å². The fourth-order valence-electron chi connectivity index (χ4n) is 0.787. The van der Waals surface area contributed by atoms with Crippen LogP contribution in [0.3, 0.4) is 0 Å². The van der Waals surface area contributed by atoms with Crippen molar-refractivity contribution in [2.24, 2.45) is 0 Å². The van der Waals surface area contributed by atoms with Gasteiger partial charge in [-0.15, -0.1) is 0 Å². The molecule has 1 aliphatic heterocycles. The molecule has 0 amide bonds. The van der Waals surface area contributed by atoms with E-state index in [1.807, 2.05) is 0 Å². The van der Waals surface area contributed by atoms with Gasteiger partial charge in [0.25, 0.3) is 0 Å². The summed E-state index contributed by atoms with van der Waals surface area (Å²) in [6.07, 6.45) is -5.82. The van der Waals surface area contributed by atoms with E-state index in [2.05, 4.69) is 0 Å². The van der Waals surface area contributed by atoms with Crippen molar-refractivity contribution in [3.8, 4) is 0 Å². The SMILES string of the molecule is O=S1(=O)CC(F)C(F)C1(F)F. The monoisotopic (exact) mass is 192 g/mol. The highest BCUT2D eigenvalue weighted by atomic mass is 32.2. The first-order valence-corrected chi connectivity index (χ1v) is 4.32. The number of hydrogen-bond acceptors (Lipinski definition) is 2. The van der Waals surface area contributed by atoms with Gasteiger partial charge < -0.3 is 0 Å². The number of alkyl halides is 4. The molecule has 0 aromatic rings. The zero-order valence-electron chi connectivity index (χ0n) is 5.10. The van der Waals surface area contributed by atoms with E-state index in [9.17, 15) is 26.0 Å².